The number of halogens is 1. The Labute approximate surface area is 227 Å². The number of methoxy groups -OCH3 is 1. The van der Waals surface area contributed by atoms with E-state index in [1.807, 2.05) is 38.1 Å². The first-order chi connectivity index (χ1) is 18.2. The minimum Gasteiger partial charge on any atom is -0.493 e. The van der Waals surface area contributed by atoms with E-state index in [1.54, 1.807) is 24.3 Å². The minimum atomic E-state index is -0.802. The molecule has 9 nitrogen and oxygen atoms in total. The Morgan fingerprint density at radius 1 is 0.974 bits per heavy atom. The SMILES string of the molecule is COc1cc(/C=C2\C(=O)NC(=O)N(c3ccc(C)c(C)c3)C2=O)c(Br)cc1OCc1ccc2c(c1)OCO2. The maximum atomic E-state index is 13.3. The fourth-order valence-electron chi connectivity index (χ4n) is 4.04. The van der Waals surface area contributed by atoms with Crippen LogP contribution in [0.4, 0.5) is 10.5 Å². The summed E-state index contributed by atoms with van der Waals surface area (Å²) in [5.41, 5.74) is 3.47. The molecule has 3 aromatic carbocycles. The lowest BCUT2D eigenvalue weighted by molar-refractivity contribution is -0.122. The zero-order chi connectivity index (χ0) is 27.0. The Morgan fingerprint density at radius 3 is 2.53 bits per heavy atom. The number of urea groups is 1. The molecule has 2 aliphatic heterocycles. The molecule has 3 aromatic rings. The molecule has 0 radical (unpaired) electrons. The van der Waals surface area contributed by atoms with E-state index >= 15 is 0 Å². The molecule has 4 amide bonds. The van der Waals surface area contributed by atoms with Gasteiger partial charge in [-0.15, -0.1) is 0 Å². The number of amides is 4. The molecule has 2 aliphatic rings. The van der Waals surface area contributed by atoms with Gasteiger partial charge in [0, 0.05) is 4.47 Å². The van der Waals surface area contributed by atoms with E-state index in [9.17, 15) is 14.4 Å². The smallest absolute Gasteiger partial charge is 0.335 e. The van der Waals surface area contributed by atoms with Crippen molar-refractivity contribution in [3.05, 3.63) is 80.8 Å². The number of nitrogens with one attached hydrogen (secondary N) is 1. The number of rotatable bonds is 6. The second-order valence-corrected chi connectivity index (χ2v) is 9.58. The minimum absolute atomic E-state index is 0.189. The average Bonchev–Trinajstić information content (AvgIpc) is 3.36. The summed E-state index contributed by atoms with van der Waals surface area (Å²) >= 11 is 3.49. The highest BCUT2D eigenvalue weighted by Crippen LogP contribution is 2.37. The molecular formula is C28H23BrN2O7. The summed E-state index contributed by atoms with van der Waals surface area (Å²) in [5.74, 6) is 0.678. The number of aryl methyl sites for hydroxylation is 2. The van der Waals surface area contributed by atoms with Gasteiger partial charge in [-0.05, 0) is 78.6 Å². The number of fused-ring (bicyclic) bond motifs is 1. The maximum absolute atomic E-state index is 13.3. The van der Waals surface area contributed by atoms with Crippen molar-refractivity contribution in [1.82, 2.24) is 5.32 Å². The Balaban J connectivity index is 1.42. The van der Waals surface area contributed by atoms with Gasteiger partial charge in [0.05, 0.1) is 12.8 Å². The fraction of sp³-hybridized carbons (Fsp3) is 0.179. The van der Waals surface area contributed by atoms with Crippen LogP contribution in [0.25, 0.3) is 6.08 Å². The Kier molecular flexibility index (Phi) is 6.81. The van der Waals surface area contributed by atoms with Crippen LogP contribution in [0.15, 0.2) is 58.6 Å². The summed E-state index contributed by atoms with van der Waals surface area (Å²) in [6.45, 7) is 4.24. The second-order valence-electron chi connectivity index (χ2n) is 8.73. The molecule has 0 unspecified atom stereocenters. The van der Waals surface area contributed by atoms with E-state index in [0.29, 0.717) is 38.7 Å². The van der Waals surface area contributed by atoms with Gasteiger partial charge < -0.3 is 18.9 Å². The van der Waals surface area contributed by atoms with Gasteiger partial charge in [-0.3, -0.25) is 14.9 Å². The van der Waals surface area contributed by atoms with Crippen LogP contribution in [-0.2, 0) is 16.2 Å². The molecule has 2 heterocycles. The number of anilines is 1. The van der Waals surface area contributed by atoms with Crippen LogP contribution in [0.2, 0.25) is 0 Å². The lowest BCUT2D eigenvalue weighted by Crippen LogP contribution is -2.54. The van der Waals surface area contributed by atoms with Gasteiger partial charge in [0.1, 0.15) is 12.2 Å². The van der Waals surface area contributed by atoms with E-state index in [0.717, 1.165) is 21.6 Å². The summed E-state index contributed by atoms with van der Waals surface area (Å²) in [6, 6.07) is 13.3. The van der Waals surface area contributed by atoms with Crippen LogP contribution in [0.5, 0.6) is 23.0 Å². The van der Waals surface area contributed by atoms with Crippen LogP contribution in [0, 0.1) is 13.8 Å². The molecule has 1 fully saturated rings. The number of benzene rings is 3. The predicted octanol–water partition coefficient (Wildman–Crippen LogP) is 5.05. The van der Waals surface area contributed by atoms with E-state index in [1.165, 1.54) is 13.2 Å². The van der Waals surface area contributed by atoms with Crippen molar-refractivity contribution in [3.8, 4) is 23.0 Å². The van der Waals surface area contributed by atoms with Crippen molar-refractivity contribution in [1.29, 1.82) is 0 Å². The van der Waals surface area contributed by atoms with Crippen LogP contribution in [-0.4, -0.2) is 31.7 Å². The van der Waals surface area contributed by atoms with E-state index in [-0.39, 0.29) is 19.0 Å². The molecule has 1 saturated heterocycles. The highest BCUT2D eigenvalue weighted by atomic mass is 79.9. The zero-order valence-corrected chi connectivity index (χ0v) is 22.4. The molecule has 5 rings (SSSR count). The van der Waals surface area contributed by atoms with E-state index in [4.69, 9.17) is 18.9 Å². The molecule has 10 heteroatoms. The van der Waals surface area contributed by atoms with Gasteiger partial charge in [-0.25, -0.2) is 9.69 Å². The third-order valence-electron chi connectivity index (χ3n) is 6.26. The molecule has 0 aromatic heterocycles. The van der Waals surface area contributed by atoms with Gasteiger partial charge in [0.15, 0.2) is 23.0 Å². The molecule has 0 spiro atoms. The standard InChI is InChI=1S/C28H23BrN2O7/c1-15-4-6-19(8-16(15)2)31-27(33)20(26(32)30-28(31)34)10-18-11-23(35-3)25(12-21(18)29)36-13-17-5-7-22-24(9-17)38-14-37-22/h4-12H,13-14H2,1-3H3,(H,30,32,34)/b20-10+. The number of carbonyl (C=O) groups is 3. The highest BCUT2D eigenvalue weighted by Gasteiger charge is 2.37. The molecule has 0 saturated carbocycles. The van der Waals surface area contributed by atoms with Gasteiger partial charge in [-0.1, -0.05) is 28.1 Å². The van der Waals surface area contributed by atoms with Gasteiger partial charge in [0.2, 0.25) is 6.79 Å². The molecular weight excluding hydrogens is 556 g/mol. The number of ether oxygens (including phenoxy) is 4. The molecule has 0 bridgehead atoms. The van der Waals surface area contributed by atoms with Crippen molar-refractivity contribution >= 4 is 45.5 Å². The maximum Gasteiger partial charge on any atom is 0.335 e. The monoisotopic (exact) mass is 578 g/mol. The predicted molar refractivity (Wildman–Crippen MR) is 143 cm³/mol. The normalized spacial score (nSPS) is 15.6. The Hall–Kier alpha value is -4.31. The third-order valence-corrected chi connectivity index (χ3v) is 6.95. The first-order valence-corrected chi connectivity index (χ1v) is 12.4. The topological polar surface area (TPSA) is 103 Å². The van der Waals surface area contributed by atoms with Crippen LogP contribution < -0.4 is 29.2 Å². The van der Waals surface area contributed by atoms with Crippen LogP contribution >= 0.6 is 15.9 Å². The molecule has 0 aliphatic carbocycles. The molecule has 38 heavy (non-hydrogen) atoms. The van der Waals surface area contributed by atoms with Gasteiger partial charge in [0.25, 0.3) is 11.8 Å². The van der Waals surface area contributed by atoms with Crippen molar-refractivity contribution in [2.24, 2.45) is 0 Å². The number of carbonyl (C=O) groups excluding carboxylic acids is 3. The van der Waals surface area contributed by atoms with Gasteiger partial charge in [-0.2, -0.15) is 0 Å². The number of barbiturate groups is 1. The van der Waals surface area contributed by atoms with E-state index in [2.05, 4.69) is 21.2 Å². The Morgan fingerprint density at radius 2 is 1.76 bits per heavy atom. The number of imide groups is 2. The highest BCUT2D eigenvalue weighted by molar-refractivity contribution is 9.10. The average molecular weight is 579 g/mol. The Bertz CT molecular complexity index is 1520. The quantitative estimate of drug-likeness (QED) is 0.322. The van der Waals surface area contributed by atoms with E-state index < -0.39 is 17.8 Å². The zero-order valence-electron chi connectivity index (χ0n) is 20.8. The molecule has 1 N–H and O–H groups in total. The molecule has 194 valence electrons. The first kappa shape index (κ1) is 25.3. The van der Waals surface area contributed by atoms with Crippen LogP contribution in [0.3, 0.4) is 0 Å². The third kappa shape index (κ3) is 4.82. The lowest BCUT2D eigenvalue weighted by Gasteiger charge is -2.27. The van der Waals surface area contributed by atoms with Crippen molar-refractivity contribution in [2.75, 3.05) is 18.8 Å². The second kappa shape index (κ2) is 10.2. The summed E-state index contributed by atoms with van der Waals surface area (Å²) in [6.07, 6.45) is 1.41. The molecule has 0 atom stereocenters. The fourth-order valence-corrected chi connectivity index (χ4v) is 4.47. The van der Waals surface area contributed by atoms with Crippen molar-refractivity contribution in [2.45, 2.75) is 20.5 Å². The summed E-state index contributed by atoms with van der Waals surface area (Å²) < 4.78 is 22.8. The lowest BCUT2D eigenvalue weighted by atomic mass is 10.0. The number of hydrogen-bond acceptors (Lipinski definition) is 7. The number of nitrogens with zero attached hydrogens (tertiary/aromatic N) is 1. The first-order valence-electron chi connectivity index (χ1n) is 11.6. The summed E-state index contributed by atoms with van der Waals surface area (Å²) in [5, 5.41) is 2.25. The van der Waals surface area contributed by atoms with Gasteiger partial charge >= 0.3 is 6.03 Å². The van der Waals surface area contributed by atoms with Crippen molar-refractivity contribution < 1.29 is 33.3 Å². The summed E-state index contributed by atoms with van der Waals surface area (Å²) in [7, 11) is 1.49. The number of hydrogen-bond donors (Lipinski definition) is 1. The largest absolute Gasteiger partial charge is 0.493 e. The van der Waals surface area contributed by atoms with Crippen molar-refractivity contribution in [3.63, 3.8) is 0 Å². The summed E-state index contributed by atoms with van der Waals surface area (Å²) in [4.78, 5) is 39.5. The van der Waals surface area contributed by atoms with Crippen LogP contribution in [0.1, 0.15) is 22.3 Å².